The Morgan fingerprint density at radius 3 is 2.62 bits per heavy atom. The second-order valence-electron chi connectivity index (χ2n) is 5.31. The molecule has 2 heterocycles. The van der Waals surface area contributed by atoms with Crippen molar-refractivity contribution < 1.29 is 9.21 Å². The number of rotatable bonds is 4. The second-order valence-corrected chi connectivity index (χ2v) is 5.31. The van der Waals surface area contributed by atoms with Gasteiger partial charge in [-0.15, -0.1) is 10.2 Å². The van der Waals surface area contributed by atoms with E-state index < -0.39 is 0 Å². The summed E-state index contributed by atoms with van der Waals surface area (Å²) in [5.41, 5.74) is 0.901. The van der Waals surface area contributed by atoms with E-state index in [0.29, 0.717) is 24.6 Å². The van der Waals surface area contributed by atoms with Crippen molar-refractivity contribution >= 4 is 5.91 Å². The molecule has 0 unspecified atom stereocenters. The second kappa shape index (κ2) is 6.52. The molecule has 1 amide bonds. The number of likely N-dealkylation sites (tertiary alicyclic amines) is 1. The van der Waals surface area contributed by atoms with Gasteiger partial charge in [-0.05, 0) is 31.4 Å². The van der Waals surface area contributed by atoms with Crippen LogP contribution in [0.2, 0.25) is 0 Å². The van der Waals surface area contributed by atoms with Gasteiger partial charge in [0, 0.05) is 31.5 Å². The van der Waals surface area contributed by atoms with E-state index in [2.05, 4.69) is 10.2 Å². The first kappa shape index (κ1) is 13.8. The molecule has 21 heavy (non-hydrogen) atoms. The van der Waals surface area contributed by atoms with Crippen molar-refractivity contribution in [2.24, 2.45) is 0 Å². The molecule has 2 aromatic rings. The molecule has 5 nitrogen and oxygen atoms in total. The van der Waals surface area contributed by atoms with Gasteiger partial charge in [-0.1, -0.05) is 18.2 Å². The molecule has 0 saturated carbocycles. The van der Waals surface area contributed by atoms with E-state index in [1.165, 1.54) is 6.42 Å². The topological polar surface area (TPSA) is 59.2 Å². The highest BCUT2D eigenvalue weighted by molar-refractivity contribution is 5.76. The van der Waals surface area contributed by atoms with Crippen molar-refractivity contribution in [3.63, 3.8) is 0 Å². The van der Waals surface area contributed by atoms with Crippen molar-refractivity contribution in [2.45, 2.75) is 32.1 Å². The highest BCUT2D eigenvalue weighted by Crippen LogP contribution is 2.18. The van der Waals surface area contributed by atoms with E-state index in [-0.39, 0.29) is 5.91 Å². The Bertz CT molecular complexity index is 589. The lowest BCUT2D eigenvalue weighted by molar-refractivity contribution is -0.132. The van der Waals surface area contributed by atoms with Crippen LogP contribution in [-0.4, -0.2) is 34.1 Å². The Kier molecular flexibility index (Phi) is 4.28. The highest BCUT2D eigenvalue weighted by Gasteiger charge is 2.17. The first-order valence-corrected chi connectivity index (χ1v) is 7.48. The molecular formula is C16H19N3O2. The Hall–Kier alpha value is -2.17. The molecule has 1 saturated heterocycles. The van der Waals surface area contributed by atoms with E-state index in [1.54, 1.807) is 0 Å². The summed E-state index contributed by atoms with van der Waals surface area (Å²) in [6.07, 6.45) is 4.41. The molecule has 1 aromatic carbocycles. The van der Waals surface area contributed by atoms with E-state index in [0.717, 1.165) is 31.5 Å². The largest absolute Gasteiger partial charge is 0.421 e. The summed E-state index contributed by atoms with van der Waals surface area (Å²) in [5.74, 6) is 1.23. The molecule has 0 spiro atoms. The van der Waals surface area contributed by atoms with Crippen LogP contribution in [0.3, 0.4) is 0 Å². The van der Waals surface area contributed by atoms with Gasteiger partial charge in [-0.3, -0.25) is 4.79 Å². The molecule has 110 valence electrons. The monoisotopic (exact) mass is 285 g/mol. The smallest absolute Gasteiger partial charge is 0.247 e. The molecule has 0 aliphatic carbocycles. The number of hydrogen-bond acceptors (Lipinski definition) is 4. The summed E-state index contributed by atoms with van der Waals surface area (Å²) in [6.45, 7) is 1.77. The zero-order valence-electron chi connectivity index (χ0n) is 12.0. The fourth-order valence-corrected chi connectivity index (χ4v) is 2.57. The third-order valence-electron chi connectivity index (χ3n) is 3.75. The van der Waals surface area contributed by atoms with Crippen molar-refractivity contribution in [2.75, 3.05) is 13.1 Å². The predicted molar refractivity (Wildman–Crippen MR) is 78.5 cm³/mol. The van der Waals surface area contributed by atoms with Crippen molar-refractivity contribution in [1.29, 1.82) is 0 Å². The number of piperidine rings is 1. The maximum atomic E-state index is 12.1. The quantitative estimate of drug-likeness (QED) is 0.866. The molecule has 5 heteroatoms. The molecule has 0 bridgehead atoms. The molecule has 0 atom stereocenters. The minimum atomic E-state index is 0.189. The first-order valence-electron chi connectivity index (χ1n) is 7.48. The average Bonchev–Trinajstić information content (AvgIpc) is 3.03. The standard InChI is InChI=1S/C16H19N3O2/c20-15(19-11-5-2-6-12-19)10-9-14-17-18-16(21-14)13-7-3-1-4-8-13/h1,3-4,7-8H,2,5-6,9-12H2. The summed E-state index contributed by atoms with van der Waals surface area (Å²) in [5, 5.41) is 8.06. The van der Waals surface area contributed by atoms with Gasteiger partial charge in [0.05, 0.1) is 0 Å². The number of aryl methyl sites for hydroxylation is 1. The molecule has 1 fully saturated rings. The van der Waals surface area contributed by atoms with Gasteiger partial charge in [0.25, 0.3) is 0 Å². The maximum absolute atomic E-state index is 12.1. The van der Waals surface area contributed by atoms with Crippen LogP contribution in [0.15, 0.2) is 34.7 Å². The summed E-state index contributed by atoms with van der Waals surface area (Å²) in [7, 11) is 0. The van der Waals surface area contributed by atoms with Crippen LogP contribution in [0.4, 0.5) is 0 Å². The summed E-state index contributed by atoms with van der Waals surface area (Å²) < 4.78 is 5.61. The summed E-state index contributed by atoms with van der Waals surface area (Å²) >= 11 is 0. The molecule has 0 N–H and O–H groups in total. The number of carbonyl (C=O) groups excluding carboxylic acids is 1. The van der Waals surface area contributed by atoms with E-state index in [9.17, 15) is 4.79 Å². The Morgan fingerprint density at radius 1 is 1.10 bits per heavy atom. The van der Waals surface area contributed by atoms with Crippen LogP contribution in [0, 0.1) is 0 Å². The minimum absolute atomic E-state index is 0.189. The number of aromatic nitrogens is 2. The van der Waals surface area contributed by atoms with Crippen LogP contribution < -0.4 is 0 Å². The zero-order valence-corrected chi connectivity index (χ0v) is 12.0. The van der Waals surface area contributed by atoms with Crippen LogP contribution in [0.5, 0.6) is 0 Å². The number of hydrogen-bond donors (Lipinski definition) is 0. The van der Waals surface area contributed by atoms with Crippen LogP contribution in [-0.2, 0) is 11.2 Å². The summed E-state index contributed by atoms with van der Waals surface area (Å²) in [6, 6.07) is 9.66. The Morgan fingerprint density at radius 2 is 1.86 bits per heavy atom. The van der Waals surface area contributed by atoms with Gasteiger partial charge in [0.15, 0.2) is 0 Å². The molecule has 1 aliphatic rings. The molecular weight excluding hydrogens is 266 g/mol. The lowest BCUT2D eigenvalue weighted by Gasteiger charge is -2.26. The lowest BCUT2D eigenvalue weighted by atomic mass is 10.1. The third-order valence-corrected chi connectivity index (χ3v) is 3.75. The number of amides is 1. The SMILES string of the molecule is O=C(CCc1nnc(-c2ccccc2)o1)N1CCCCC1. The number of nitrogens with zero attached hydrogens (tertiary/aromatic N) is 3. The van der Waals surface area contributed by atoms with Gasteiger partial charge in [0.1, 0.15) is 0 Å². The van der Waals surface area contributed by atoms with Gasteiger partial charge in [-0.2, -0.15) is 0 Å². The normalized spacial score (nSPS) is 15.1. The van der Waals surface area contributed by atoms with Gasteiger partial charge in [0.2, 0.25) is 17.7 Å². The third kappa shape index (κ3) is 3.48. The number of carbonyl (C=O) groups is 1. The lowest BCUT2D eigenvalue weighted by Crippen LogP contribution is -2.35. The van der Waals surface area contributed by atoms with E-state index >= 15 is 0 Å². The molecule has 3 rings (SSSR count). The molecule has 1 aliphatic heterocycles. The highest BCUT2D eigenvalue weighted by atomic mass is 16.4. The maximum Gasteiger partial charge on any atom is 0.247 e. The van der Waals surface area contributed by atoms with Gasteiger partial charge in [-0.25, -0.2) is 0 Å². The van der Waals surface area contributed by atoms with Crippen LogP contribution in [0.25, 0.3) is 11.5 Å². The van der Waals surface area contributed by atoms with E-state index in [1.807, 2.05) is 35.2 Å². The fourth-order valence-electron chi connectivity index (χ4n) is 2.57. The first-order chi connectivity index (χ1) is 10.3. The average molecular weight is 285 g/mol. The van der Waals surface area contributed by atoms with Crippen molar-refractivity contribution in [3.8, 4) is 11.5 Å². The van der Waals surface area contributed by atoms with Gasteiger partial charge < -0.3 is 9.32 Å². The Balaban J connectivity index is 1.56. The number of benzene rings is 1. The molecule has 0 radical (unpaired) electrons. The minimum Gasteiger partial charge on any atom is -0.421 e. The van der Waals surface area contributed by atoms with Gasteiger partial charge >= 0.3 is 0 Å². The van der Waals surface area contributed by atoms with Crippen LogP contribution in [0.1, 0.15) is 31.6 Å². The molecule has 1 aromatic heterocycles. The predicted octanol–water partition coefficient (Wildman–Crippen LogP) is 2.68. The van der Waals surface area contributed by atoms with Crippen LogP contribution >= 0.6 is 0 Å². The zero-order chi connectivity index (χ0) is 14.5. The van der Waals surface area contributed by atoms with Crippen molar-refractivity contribution in [3.05, 3.63) is 36.2 Å². The van der Waals surface area contributed by atoms with Crippen molar-refractivity contribution in [1.82, 2.24) is 15.1 Å². The summed E-state index contributed by atoms with van der Waals surface area (Å²) in [4.78, 5) is 14.0. The fraction of sp³-hybridized carbons (Fsp3) is 0.438. The Labute approximate surface area is 124 Å². The van der Waals surface area contributed by atoms with E-state index in [4.69, 9.17) is 4.42 Å².